The Morgan fingerprint density at radius 3 is 2.59 bits per heavy atom. The number of fused-ring (bicyclic) bond motifs is 1. The monoisotopic (exact) mass is 453 g/mol. The number of aromatic nitrogens is 1. The topological polar surface area (TPSA) is 93.9 Å². The molecule has 0 radical (unpaired) electrons. The Bertz CT molecular complexity index is 1190. The van der Waals surface area contributed by atoms with Gasteiger partial charge in [0.1, 0.15) is 11.2 Å². The highest BCUT2D eigenvalue weighted by molar-refractivity contribution is 6.30. The Kier molecular flexibility index (Phi) is 5.01. The average Bonchev–Trinajstić information content (AvgIpc) is 3.23. The molecule has 0 aliphatic carbocycles. The molecule has 164 valence electrons. The number of nitrogens with zero attached hydrogens (tertiary/aromatic N) is 2. The van der Waals surface area contributed by atoms with Gasteiger partial charge in [-0.1, -0.05) is 35.0 Å². The second-order valence-electron chi connectivity index (χ2n) is 7.84. The van der Waals surface area contributed by atoms with Gasteiger partial charge in [-0.2, -0.15) is 0 Å². The summed E-state index contributed by atoms with van der Waals surface area (Å²) < 4.78 is 16.8. The summed E-state index contributed by atoms with van der Waals surface area (Å²) in [5.41, 5.74) is 0.788. The molecular weight excluding hydrogens is 434 g/mol. The molecule has 3 aromatic rings. The zero-order chi connectivity index (χ0) is 22.3. The summed E-state index contributed by atoms with van der Waals surface area (Å²) in [6.07, 6.45) is 0.778. The van der Waals surface area contributed by atoms with E-state index in [-0.39, 0.29) is 12.5 Å². The molecule has 2 aromatic carbocycles. The van der Waals surface area contributed by atoms with Crippen molar-refractivity contribution >= 4 is 23.5 Å². The normalized spacial score (nSPS) is 20.2. The number of carbonyl (C=O) groups excluding carboxylic acids is 2. The maximum atomic E-state index is 13.3. The van der Waals surface area contributed by atoms with Gasteiger partial charge < -0.3 is 19.3 Å². The van der Waals surface area contributed by atoms with E-state index in [0.29, 0.717) is 46.8 Å². The summed E-state index contributed by atoms with van der Waals surface area (Å²) >= 11 is 5.93. The molecule has 1 N–H and O–H groups in total. The minimum absolute atomic E-state index is 0.0363. The van der Waals surface area contributed by atoms with Gasteiger partial charge in [0, 0.05) is 23.1 Å². The van der Waals surface area contributed by atoms with E-state index in [9.17, 15) is 9.59 Å². The van der Waals surface area contributed by atoms with Gasteiger partial charge in [-0.15, -0.1) is 0 Å². The molecule has 2 aliphatic rings. The van der Waals surface area contributed by atoms with Gasteiger partial charge in [-0.3, -0.25) is 9.69 Å². The van der Waals surface area contributed by atoms with Crippen LogP contribution in [0, 0.1) is 0 Å². The molecule has 5 rings (SSSR count). The molecule has 0 bridgehead atoms. The molecular formula is C23H20ClN3O5. The van der Waals surface area contributed by atoms with Crippen molar-refractivity contribution in [3.05, 3.63) is 64.9 Å². The Balaban J connectivity index is 1.37. The highest BCUT2D eigenvalue weighted by atomic mass is 35.5. The van der Waals surface area contributed by atoms with E-state index in [4.69, 9.17) is 25.6 Å². The van der Waals surface area contributed by atoms with Crippen molar-refractivity contribution in [2.45, 2.75) is 25.4 Å². The van der Waals surface area contributed by atoms with Gasteiger partial charge in [0.25, 0.3) is 5.91 Å². The molecule has 1 aromatic heterocycles. The van der Waals surface area contributed by atoms with Gasteiger partial charge in [0.2, 0.25) is 0 Å². The molecule has 32 heavy (non-hydrogen) atoms. The maximum Gasteiger partial charge on any atom is 0.325 e. The van der Waals surface area contributed by atoms with E-state index >= 15 is 0 Å². The Morgan fingerprint density at radius 2 is 1.81 bits per heavy atom. The van der Waals surface area contributed by atoms with Crippen LogP contribution in [0.15, 0.2) is 53.1 Å². The lowest BCUT2D eigenvalue weighted by atomic mass is 9.91. The van der Waals surface area contributed by atoms with Crippen LogP contribution in [0.4, 0.5) is 4.79 Å². The summed E-state index contributed by atoms with van der Waals surface area (Å²) in [5, 5.41) is 7.46. The Labute approximate surface area is 189 Å². The summed E-state index contributed by atoms with van der Waals surface area (Å²) in [6, 6.07) is 13.6. The number of hydrogen-bond donors (Lipinski definition) is 1. The third kappa shape index (κ3) is 3.56. The van der Waals surface area contributed by atoms with Crippen LogP contribution in [0.3, 0.4) is 0 Å². The molecule has 1 unspecified atom stereocenters. The van der Waals surface area contributed by atoms with Crippen molar-refractivity contribution < 1.29 is 23.6 Å². The fourth-order valence-corrected chi connectivity index (χ4v) is 3.94. The first-order valence-electron chi connectivity index (χ1n) is 10.2. The number of amides is 3. The smallest absolute Gasteiger partial charge is 0.325 e. The quantitative estimate of drug-likeness (QED) is 0.597. The van der Waals surface area contributed by atoms with Crippen molar-refractivity contribution in [2.75, 3.05) is 13.2 Å². The Morgan fingerprint density at radius 1 is 1.06 bits per heavy atom. The summed E-state index contributed by atoms with van der Waals surface area (Å²) in [5.74, 6) is 1.19. The van der Waals surface area contributed by atoms with E-state index in [0.717, 1.165) is 16.9 Å². The first-order valence-corrected chi connectivity index (χ1v) is 10.6. The third-order valence-corrected chi connectivity index (χ3v) is 5.86. The van der Waals surface area contributed by atoms with Crippen molar-refractivity contribution in [2.24, 2.45) is 0 Å². The summed E-state index contributed by atoms with van der Waals surface area (Å²) in [6.45, 7) is 2.74. The van der Waals surface area contributed by atoms with Gasteiger partial charge in [0.05, 0.1) is 19.8 Å². The van der Waals surface area contributed by atoms with E-state index in [1.807, 2.05) is 12.1 Å². The molecule has 3 amide bonds. The zero-order valence-corrected chi connectivity index (χ0v) is 18.0. The average molecular weight is 454 g/mol. The summed E-state index contributed by atoms with van der Waals surface area (Å²) in [7, 11) is 0. The van der Waals surface area contributed by atoms with Crippen molar-refractivity contribution in [3.63, 3.8) is 0 Å². The standard InChI is InChI=1S/C23H20ClN3O5/c1-23(15-5-8-19-20(11-15)31-10-2-9-30-19)21(28)27(22(29)25-23)13-17-12-18(26-32-17)14-3-6-16(24)7-4-14/h3-8,11-12H,2,9-10,13H2,1H3,(H,25,29). The number of benzene rings is 2. The van der Waals surface area contributed by atoms with Crippen LogP contribution < -0.4 is 14.8 Å². The predicted octanol–water partition coefficient (Wildman–Crippen LogP) is 4.12. The molecule has 3 heterocycles. The number of carbonyl (C=O) groups is 2. The van der Waals surface area contributed by atoms with Crippen LogP contribution in [0.1, 0.15) is 24.7 Å². The molecule has 8 nitrogen and oxygen atoms in total. The highest BCUT2D eigenvalue weighted by Crippen LogP contribution is 2.37. The van der Waals surface area contributed by atoms with Crippen LogP contribution in [0.5, 0.6) is 11.5 Å². The number of rotatable bonds is 4. The van der Waals surface area contributed by atoms with Crippen molar-refractivity contribution in [3.8, 4) is 22.8 Å². The van der Waals surface area contributed by atoms with E-state index in [1.54, 1.807) is 43.3 Å². The molecule has 1 fully saturated rings. The van der Waals surface area contributed by atoms with Gasteiger partial charge in [-0.25, -0.2) is 4.79 Å². The SMILES string of the molecule is CC1(c2ccc3c(c2)OCCCO3)NC(=O)N(Cc2cc(-c3ccc(Cl)cc3)no2)C1=O. The minimum atomic E-state index is -1.24. The van der Waals surface area contributed by atoms with E-state index < -0.39 is 11.6 Å². The van der Waals surface area contributed by atoms with Gasteiger partial charge in [-0.05, 0) is 36.8 Å². The fourth-order valence-electron chi connectivity index (χ4n) is 3.81. The zero-order valence-electron chi connectivity index (χ0n) is 17.3. The third-order valence-electron chi connectivity index (χ3n) is 5.61. The van der Waals surface area contributed by atoms with Crippen molar-refractivity contribution in [1.82, 2.24) is 15.4 Å². The minimum Gasteiger partial charge on any atom is -0.490 e. The number of hydrogen-bond acceptors (Lipinski definition) is 6. The first kappa shape index (κ1) is 20.4. The number of nitrogens with one attached hydrogen (secondary N) is 1. The second kappa shape index (κ2) is 7.87. The predicted molar refractivity (Wildman–Crippen MR) is 115 cm³/mol. The largest absolute Gasteiger partial charge is 0.490 e. The second-order valence-corrected chi connectivity index (χ2v) is 8.28. The lowest BCUT2D eigenvalue weighted by molar-refractivity contribution is -0.131. The number of imide groups is 1. The van der Waals surface area contributed by atoms with E-state index in [1.165, 1.54) is 0 Å². The number of ether oxygens (including phenoxy) is 2. The van der Waals surface area contributed by atoms with E-state index in [2.05, 4.69) is 10.5 Å². The molecule has 1 saturated heterocycles. The van der Waals surface area contributed by atoms with Crippen molar-refractivity contribution in [1.29, 1.82) is 0 Å². The lowest BCUT2D eigenvalue weighted by Gasteiger charge is -2.23. The number of halogens is 1. The van der Waals surface area contributed by atoms with Gasteiger partial charge >= 0.3 is 6.03 Å². The van der Waals surface area contributed by atoms with Gasteiger partial charge in [0.15, 0.2) is 17.3 Å². The molecule has 1 atom stereocenters. The van der Waals surface area contributed by atoms with Crippen LogP contribution in [0.25, 0.3) is 11.3 Å². The van der Waals surface area contributed by atoms with Crippen LogP contribution in [-0.2, 0) is 16.9 Å². The van der Waals surface area contributed by atoms with Crippen LogP contribution >= 0.6 is 11.6 Å². The summed E-state index contributed by atoms with van der Waals surface area (Å²) in [4.78, 5) is 27.1. The fraction of sp³-hybridized carbons (Fsp3) is 0.261. The van der Waals surface area contributed by atoms with Crippen LogP contribution in [-0.4, -0.2) is 35.2 Å². The Hall–Kier alpha value is -3.52. The lowest BCUT2D eigenvalue weighted by Crippen LogP contribution is -2.40. The molecule has 0 saturated carbocycles. The first-order chi connectivity index (χ1) is 15.4. The van der Waals surface area contributed by atoms with Crippen LogP contribution in [0.2, 0.25) is 5.02 Å². The molecule has 9 heteroatoms. The maximum absolute atomic E-state index is 13.3. The highest BCUT2D eigenvalue weighted by Gasteiger charge is 2.49. The molecule has 2 aliphatic heterocycles. The number of urea groups is 1. The molecule has 0 spiro atoms.